The van der Waals surface area contributed by atoms with Crippen molar-refractivity contribution in [2.45, 2.75) is 50.9 Å². The maximum atomic E-state index is 12.5. The number of fused-ring (bicyclic) bond motifs is 1. The number of benzene rings is 1. The van der Waals surface area contributed by atoms with E-state index in [1.54, 1.807) is 0 Å². The number of ether oxygens (including phenoxy) is 2. The molecule has 3 heterocycles. The molecule has 1 aromatic heterocycles. The number of aromatic nitrogens is 2. The average molecular weight is 404 g/mol. The molecule has 0 radical (unpaired) electrons. The van der Waals surface area contributed by atoms with Gasteiger partial charge in [-0.25, -0.2) is 4.79 Å². The van der Waals surface area contributed by atoms with Gasteiger partial charge >= 0.3 is 6.09 Å². The van der Waals surface area contributed by atoms with Crippen LogP contribution in [0, 0.1) is 0 Å². The van der Waals surface area contributed by atoms with Gasteiger partial charge < -0.3 is 25.4 Å². The molecular formula is C19H25N5O3S. The Labute approximate surface area is 168 Å². The Kier molecular flexibility index (Phi) is 4.57. The van der Waals surface area contributed by atoms with E-state index in [1.807, 2.05) is 45.0 Å². The van der Waals surface area contributed by atoms with Crippen LogP contribution in [0.1, 0.15) is 45.2 Å². The zero-order valence-corrected chi connectivity index (χ0v) is 17.1. The summed E-state index contributed by atoms with van der Waals surface area (Å²) in [5.74, 6) is 0.817. The zero-order valence-electron chi connectivity index (χ0n) is 16.3. The van der Waals surface area contributed by atoms with Gasteiger partial charge in [0.1, 0.15) is 23.0 Å². The lowest BCUT2D eigenvalue weighted by Crippen LogP contribution is -2.54. The number of nitrogens with two attached hydrogens (primary N) is 1. The van der Waals surface area contributed by atoms with E-state index in [1.165, 1.54) is 11.3 Å². The van der Waals surface area contributed by atoms with Gasteiger partial charge in [-0.15, -0.1) is 10.2 Å². The third-order valence-electron chi connectivity index (χ3n) is 5.04. The van der Waals surface area contributed by atoms with Crippen molar-refractivity contribution in [2.24, 2.45) is 0 Å². The van der Waals surface area contributed by atoms with Crippen molar-refractivity contribution in [1.29, 1.82) is 0 Å². The number of para-hydroxylation sites is 1. The maximum Gasteiger partial charge on any atom is 0.408 e. The van der Waals surface area contributed by atoms with Gasteiger partial charge in [-0.05, 0) is 26.8 Å². The summed E-state index contributed by atoms with van der Waals surface area (Å²) in [6.07, 6.45) is 1.04. The summed E-state index contributed by atoms with van der Waals surface area (Å²) in [6.45, 7) is 7.05. The minimum absolute atomic E-state index is 0.264. The fraction of sp³-hybridized carbons (Fsp3) is 0.526. The van der Waals surface area contributed by atoms with Crippen LogP contribution in [-0.2, 0) is 4.74 Å². The van der Waals surface area contributed by atoms with Crippen LogP contribution in [0.4, 0.5) is 15.1 Å². The number of nitrogen functional groups attached to an aromatic ring is 1. The number of nitrogens with zero attached hydrogens (tertiary/aromatic N) is 3. The van der Waals surface area contributed by atoms with Gasteiger partial charge in [0.05, 0.1) is 0 Å². The van der Waals surface area contributed by atoms with E-state index in [9.17, 15) is 4.79 Å². The Bertz CT molecular complexity index is 870. The fourth-order valence-electron chi connectivity index (χ4n) is 3.83. The highest BCUT2D eigenvalue weighted by Gasteiger charge is 2.51. The molecule has 4 rings (SSSR count). The lowest BCUT2D eigenvalue weighted by Gasteiger charge is -2.42. The fourth-order valence-corrected chi connectivity index (χ4v) is 4.49. The van der Waals surface area contributed by atoms with E-state index in [4.69, 9.17) is 15.2 Å². The molecule has 1 aromatic carbocycles. The number of alkyl carbamates (subject to hydrolysis) is 1. The number of hydrogen-bond donors (Lipinski definition) is 2. The Balaban J connectivity index is 1.54. The number of rotatable bonds is 2. The molecule has 2 aromatic rings. The van der Waals surface area contributed by atoms with Crippen molar-refractivity contribution < 1.29 is 14.3 Å². The monoisotopic (exact) mass is 403 g/mol. The van der Waals surface area contributed by atoms with Gasteiger partial charge in [0.15, 0.2) is 0 Å². The minimum Gasteiger partial charge on any atom is -0.484 e. The van der Waals surface area contributed by atoms with Crippen molar-refractivity contribution in [2.75, 3.05) is 23.7 Å². The number of piperidine rings is 1. The summed E-state index contributed by atoms with van der Waals surface area (Å²) in [5.41, 5.74) is 5.64. The quantitative estimate of drug-likeness (QED) is 0.794. The molecule has 0 bridgehead atoms. The second-order valence-corrected chi connectivity index (χ2v) is 9.18. The standard InChI is InChI=1S/C19H25N5O3S/c1-18(2,3)27-17(25)21-14-12-6-4-5-7-13(12)26-19(14)8-10-24(11-9-19)16-23-22-15(20)28-16/h4-7,14H,8-11H2,1-3H3,(H2,20,22)(H,21,25)/t14-/m1/s1. The lowest BCUT2D eigenvalue weighted by atomic mass is 9.82. The van der Waals surface area contributed by atoms with E-state index in [0.29, 0.717) is 5.13 Å². The first-order chi connectivity index (χ1) is 13.3. The predicted octanol–water partition coefficient (Wildman–Crippen LogP) is 3.12. The van der Waals surface area contributed by atoms with Gasteiger partial charge in [0.2, 0.25) is 10.3 Å². The number of carbonyl (C=O) groups excluding carboxylic acids is 1. The summed E-state index contributed by atoms with van der Waals surface area (Å²) in [6, 6.07) is 7.60. The minimum atomic E-state index is -0.558. The lowest BCUT2D eigenvalue weighted by molar-refractivity contribution is 0.0150. The molecular weight excluding hydrogens is 378 g/mol. The van der Waals surface area contributed by atoms with Crippen LogP contribution in [0.3, 0.4) is 0 Å². The predicted molar refractivity (Wildman–Crippen MR) is 108 cm³/mol. The van der Waals surface area contributed by atoms with Gasteiger partial charge in [0.25, 0.3) is 0 Å². The highest BCUT2D eigenvalue weighted by Crippen LogP contribution is 2.48. The summed E-state index contributed by atoms with van der Waals surface area (Å²) in [4.78, 5) is 14.7. The largest absolute Gasteiger partial charge is 0.484 e. The summed E-state index contributed by atoms with van der Waals surface area (Å²) >= 11 is 1.38. The van der Waals surface area contributed by atoms with Gasteiger partial charge in [-0.2, -0.15) is 0 Å². The van der Waals surface area contributed by atoms with Crippen LogP contribution in [0.5, 0.6) is 5.75 Å². The summed E-state index contributed by atoms with van der Waals surface area (Å²) in [7, 11) is 0. The molecule has 9 heteroatoms. The molecule has 1 atom stereocenters. The number of anilines is 2. The first kappa shape index (κ1) is 18.8. The number of amides is 1. The first-order valence-corrected chi connectivity index (χ1v) is 10.2. The van der Waals surface area contributed by atoms with E-state index in [-0.39, 0.29) is 6.04 Å². The zero-order chi connectivity index (χ0) is 19.9. The molecule has 2 aliphatic heterocycles. The molecule has 3 N–H and O–H groups in total. The normalized spacial score (nSPS) is 20.5. The Morgan fingerprint density at radius 2 is 2.04 bits per heavy atom. The Morgan fingerprint density at radius 1 is 1.32 bits per heavy atom. The average Bonchev–Trinajstić information content (AvgIpc) is 3.17. The van der Waals surface area contributed by atoms with Gasteiger partial charge in [-0.1, -0.05) is 29.5 Å². The third-order valence-corrected chi connectivity index (χ3v) is 5.85. The molecule has 2 aliphatic rings. The van der Waals surface area contributed by atoms with Crippen LogP contribution in [0.15, 0.2) is 24.3 Å². The van der Waals surface area contributed by atoms with Crippen LogP contribution in [0.25, 0.3) is 0 Å². The number of hydrogen-bond acceptors (Lipinski definition) is 8. The molecule has 1 spiro atoms. The molecule has 0 aliphatic carbocycles. The van der Waals surface area contributed by atoms with Gasteiger partial charge in [0, 0.05) is 31.5 Å². The molecule has 28 heavy (non-hydrogen) atoms. The Hall–Kier alpha value is -2.55. The topological polar surface area (TPSA) is 103 Å². The molecule has 8 nitrogen and oxygen atoms in total. The molecule has 1 saturated heterocycles. The smallest absolute Gasteiger partial charge is 0.408 e. The Morgan fingerprint density at radius 3 is 2.68 bits per heavy atom. The molecule has 1 amide bonds. The van der Waals surface area contributed by atoms with Crippen molar-refractivity contribution >= 4 is 27.7 Å². The van der Waals surface area contributed by atoms with Crippen LogP contribution in [0.2, 0.25) is 0 Å². The highest BCUT2D eigenvalue weighted by molar-refractivity contribution is 7.18. The van der Waals surface area contributed by atoms with Crippen LogP contribution >= 0.6 is 11.3 Å². The second-order valence-electron chi connectivity index (χ2n) is 8.19. The van der Waals surface area contributed by atoms with Crippen molar-refractivity contribution in [3.8, 4) is 5.75 Å². The van der Waals surface area contributed by atoms with Crippen LogP contribution < -0.4 is 20.7 Å². The van der Waals surface area contributed by atoms with Crippen molar-refractivity contribution in [3.63, 3.8) is 0 Å². The second kappa shape index (κ2) is 6.80. The molecule has 150 valence electrons. The van der Waals surface area contributed by atoms with Crippen molar-refractivity contribution in [3.05, 3.63) is 29.8 Å². The first-order valence-electron chi connectivity index (χ1n) is 9.37. The number of nitrogens with one attached hydrogen (secondary N) is 1. The molecule has 0 saturated carbocycles. The maximum absolute atomic E-state index is 12.5. The van der Waals surface area contributed by atoms with Crippen LogP contribution in [-0.4, -0.2) is 40.6 Å². The van der Waals surface area contributed by atoms with Gasteiger partial charge in [-0.3, -0.25) is 0 Å². The van der Waals surface area contributed by atoms with E-state index < -0.39 is 17.3 Å². The summed E-state index contributed by atoms with van der Waals surface area (Å²) in [5, 5.41) is 12.4. The highest BCUT2D eigenvalue weighted by atomic mass is 32.1. The summed E-state index contributed by atoms with van der Waals surface area (Å²) < 4.78 is 11.9. The van der Waals surface area contributed by atoms with Crippen molar-refractivity contribution in [1.82, 2.24) is 15.5 Å². The molecule has 0 unspecified atom stereocenters. The van der Waals surface area contributed by atoms with E-state index >= 15 is 0 Å². The number of carbonyl (C=O) groups is 1. The van der Waals surface area contributed by atoms with E-state index in [2.05, 4.69) is 20.4 Å². The third kappa shape index (κ3) is 3.58. The SMILES string of the molecule is CC(C)(C)OC(=O)N[C@@H]1c2ccccc2OC12CCN(c1nnc(N)s1)CC2. The molecule has 1 fully saturated rings. The van der Waals surface area contributed by atoms with E-state index in [0.717, 1.165) is 42.4 Å².